The molecule has 3 aromatic carbocycles. The minimum atomic E-state index is -4.41. The molecule has 0 saturated carbocycles. The van der Waals surface area contributed by atoms with Gasteiger partial charge in [0.05, 0.1) is 13.2 Å². The van der Waals surface area contributed by atoms with Crippen LogP contribution in [0.4, 0.5) is 18.9 Å². The average Bonchev–Trinajstić information content (AvgIpc) is 3.31. The van der Waals surface area contributed by atoms with Gasteiger partial charge in [-0.1, -0.05) is 24.3 Å². The van der Waals surface area contributed by atoms with Crippen LogP contribution >= 0.6 is 0 Å². The number of nitrogens with one attached hydrogen (secondary N) is 1. The molecule has 212 valence electrons. The Bertz CT molecular complexity index is 1420. The van der Waals surface area contributed by atoms with Crippen molar-refractivity contribution in [2.24, 2.45) is 0 Å². The lowest BCUT2D eigenvalue weighted by molar-refractivity contribution is -0.277. The van der Waals surface area contributed by atoms with Crippen molar-refractivity contribution in [2.45, 2.75) is 49.1 Å². The Hall–Kier alpha value is -3.39. The summed E-state index contributed by atoms with van der Waals surface area (Å²) in [5.41, 5.74) is 2.15. The first-order valence-corrected chi connectivity index (χ1v) is 12.6. The van der Waals surface area contributed by atoms with Crippen molar-refractivity contribution >= 4 is 5.69 Å². The molecule has 5 N–H and O–H groups in total. The molecule has 3 aliphatic rings. The van der Waals surface area contributed by atoms with Gasteiger partial charge in [0.25, 0.3) is 0 Å². The molecule has 1 saturated heterocycles. The molecule has 12 heteroatoms. The molecule has 0 aliphatic carbocycles. The van der Waals surface area contributed by atoms with Gasteiger partial charge in [0, 0.05) is 28.9 Å². The molecule has 0 bridgehead atoms. The average molecular weight is 562 g/mol. The summed E-state index contributed by atoms with van der Waals surface area (Å²) in [6, 6.07) is 17.2. The lowest BCUT2D eigenvalue weighted by atomic mass is 9.77. The molecule has 0 amide bonds. The molecular weight excluding hydrogens is 535 g/mol. The monoisotopic (exact) mass is 561 g/mol. The lowest BCUT2D eigenvalue weighted by Gasteiger charge is -2.40. The van der Waals surface area contributed by atoms with E-state index in [9.17, 15) is 33.6 Å². The Kier molecular flexibility index (Phi) is 6.64. The van der Waals surface area contributed by atoms with E-state index in [4.69, 9.17) is 18.9 Å². The first-order valence-electron chi connectivity index (χ1n) is 12.6. The number of fused-ring (bicyclic) bond motifs is 6. The lowest BCUT2D eigenvalue weighted by Crippen LogP contribution is -2.60. The fraction of sp³-hybridized carbons (Fsp3) is 0.357. The van der Waals surface area contributed by atoms with Crippen LogP contribution in [0.15, 0.2) is 60.7 Å². The Labute approximate surface area is 226 Å². The van der Waals surface area contributed by atoms with E-state index in [1.54, 1.807) is 24.3 Å². The number of hydrogen-bond donors (Lipinski definition) is 5. The molecule has 3 aliphatic heterocycles. The predicted octanol–water partition coefficient (Wildman–Crippen LogP) is 2.77. The number of benzene rings is 3. The molecule has 3 heterocycles. The van der Waals surface area contributed by atoms with E-state index >= 15 is 0 Å². The van der Waals surface area contributed by atoms with Gasteiger partial charge in [-0.05, 0) is 35.4 Å². The second-order valence-electron chi connectivity index (χ2n) is 9.88. The molecule has 0 aromatic heterocycles. The number of hydrogen-bond acceptors (Lipinski definition) is 9. The van der Waals surface area contributed by atoms with E-state index in [0.717, 1.165) is 11.1 Å². The van der Waals surface area contributed by atoms with E-state index in [0.29, 0.717) is 23.5 Å². The Morgan fingerprint density at radius 2 is 1.62 bits per heavy atom. The van der Waals surface area contributed by atoms with Gasteiger partial charge in [0.1, 0.15) is 48.2 Å². The van der Waals surface area contributed by atoms with E-state index < -0.39 is 55.6 Å². The first-order chi connectivity index (χ1) is 19.1. The van der Waals surface area contributed by atoms with Crippen LogP contribution < -0.4 is 14.8 Å². The van der Waals surface area contributed by atoms with Crippen molar-refractivity contribution in [1.82, 2.24) is 0 Å². The maximum absolute atomic E-state index is 12.8. The summed E-state index contributed by atoms with van der Waals surface area (Å²) in [5.74, 6) is 0.736. The van der Waals surface area contributed by atoms with E-state index in [1.165, 1.54) is 12.1 Å². The highest BCUT2D eigenvalue weighted by Gasteiger charge is 2.50. The van der Waals surface area contributed by atoms with E-state index in [-0.39, 0.29) is 17.2 Å². The molecule has 6 atom stereocenters. The minimum absolute atomic E-state index is 0.166. The van der Waals surface area contributed by atoms with E-state index in [1.807, 2.05) is 24.3 Å². The second kappa shape index (κ2) is 9.91. The van der Waals surface area contributed by atoms with Crippen LogP contribution in [0.5, 0.6) is 17.2 Å². The molecule has 40 heavy (non-hydrogen) atoms. The van der Waals surface area contributed by atoms with Crippen LogP contribution in [0.25, 0.3) is 0 Å². The molecule has 9 nitrogen and oxygen atoms in total. The standard InChI is InChI=1S/C28H26F3NO8/c29-27(30,31)13-32-15-5-7-18-20(9-15)39-21-10-16(38-26-25(36)24(35)23(34)22(11-33)40-26)6-8-19(21)28(18)17-4-2-1-3-14(17)12-37-28/h1-10,22-26,32-36H,11-13H2/t22?,23-,24?,25?,26+,28?/m1/s1. The Morgan fingerprint density at radius 3 is 2.38 bits per heavy atom. The third-order valence-corrected chi connectivity index (χ3v) is 7.35. The van der Waals surface area contributed by atoms with Crippen LogP contribution in [-0.2, 0) is 21.7 Å². The van der Waals surface area contributed by atoms with Gasteiger partial charge in [-0.2, -0.15) is 13.2 Å². The van der Waals surface area contributed by atoms with Crippen molar-refractivity contribution in [2.75, 3.05) is 18.5 Å². The molecule has 1 fully saturated rings. The SMILES string of the molecule is OCC1O[C@H](Oc2ccc3c(c2)Oc2cc(NCC(F)(F)F)ccc2C32OCc3ccccc32)C(O)C(O)[C@@H]1O. The van der Waals surface area contributed by atoms with Crippen LogP contribution in [0.2, 0.25) is 0 Å². The summed E-state index contributed by atoms with van der Waals surface area (Å²) >= 11 is 0. The summed E-state index contributed by atoms with van der Waals surface area (Å²) in [6.45, 7) is -1.53. The molecular formula is C28H26F3NO8. The minimum Gasteiger partial charge on any atom is -0.462 e. The van der Waals surface area contributed by atoms with Crippen molar-refractivity contribution in [3.8, 4) is 17.2 Å². The summed E-state index contributed by atoms with van der Waals surface area (Å²) < 4.78 is 62.4. The predicted molar refractivity (Wildman–Crippen MR) is 133 cm³/mol. The Morgan fingerprint density at radius 1 is 0.900 bits per heavy atom. The second-order valence-corrected chi connectivity index (χ2v) is 9.88. The van der Waals surface area contributed by atoms with E-state index in [2.05, 4.69) is 5.32 Å². The summed E-state index contributed by atoms with van der Waals surface area (Å²) in [7, 11) is 0. The van der Waals surface area contributed by atoms with Gasteiger partial charge in [-0.15, -0.1) is 0 Å². The molecule has 3 aromatic rings. The van der Waals surface area contributed by atoms with Crippen LogP contribution in [0.3, 0.4) is 0 Å². The zero-order valence-corrected chi connectivity index (χ0v) is 20.8. The zero-order chi connectivity index (χ0) is 28.2. The molecule has 4 unspecified atom stereocenters. The zero-order valence-electron chi connectivity index (χ0n) is 20.8. The quantitative estimate of drug-likeness (QED) is 0.319. The summed E-state index contributed by atoms with van der Waals surface area (Å²) in [6.07, 6.45) is -11.8. The van der Waals surface area contributed by atoms with Gasteiger partial charge < -0.3 is 44.7 Å². The molecule has 6 rings (SSSR count). The number of rotatable bonds is 5. The Balaban J connectivity index is 1.39. The fourth-order valence-corrected chi connectivity index (χ4v) is 5.42. The highest BCUT2D eigenvalue weighted by molar-refractivity contribution is 5.67. The third kappa shape index (κ3) is 4.46. The van der Waals surface area contributed by atoms with Crippen LogP contribution in [-0.4, -0.2) is 70.5 Å². The van der Waals surface area contributed by atoms with Gasteiger partial charge in [-0.3, -0.25) is 0 Å². The number of aliphatic hydroxyl groups is 4. The molecule has 0 radical (unpaired) electrons. The first kappa shape index (κ1) is 26.8. The largest absolute Gasteiger partial charge is 0.462 e. The number of aliphatic hydroxyl groups excluding tert-OH is 4. The van der Waals surface area contributed by atoms with Gasteiger partial charge in [-0.25, -0.2) is 0 Å². The normalized spacial score (nSPS) is 28.8. The van der Waals surface area contributed by atoms with Gasteiger partial charge in [0.2, 0.25) is 6.29 Å². The van der Waals surface area contributed by atoms with Gasteiger partial charge in [0.15, 0.2) is 5.60 Å². The topological polar surface area (TPSA) is 130 Å². The fourth-order valence-electron chi connectivity index (χ4n) is 5.42. The van der Waals surface area contributed by atoms with Crippen LogP contribution in [0, 0.1) is 0 Å². The summed E-state index contributed by atoms with van der Waals surface area (Å²) in [5, 5.41) is 42.4. The summed E-state index contributed by atoms with van der Waals surface area (Å²) in [4.78, 5) is 0. The maximum atomic E-state index is 12.8. The smallest absolute Gasteiger partial charge is 0.405 e. The number of anilines is 1. The highest BCUT2D eigenvalue weighted by Crippen LogP contribution is 2.57. The van der Waals surface area contributed by atoms with Crippen molar-refractivity contribution < 1.29 is 52.5 Å². The number of ether oxygens (including phenoxy) is 4. The number of halogens is 3. The third-order valence-electron chi connectivity index (χ3n) is 7.35. The van der Waals surface area contributed by atoms with Crippen molar-refractivity contribution in [3.63, 3.8) is 0 Å². The highest BCUT2D eigenvalue weighted by atomic mass is 19.4. The van der Waals surface area contributed by atoms with Gasteiger partial charge >= 0.3 is 6.18 Å². The van der Waals surface area contributed by atoms with Crippen molar-refractivity contribution in [3.05, 3.63) is 82.9 Å². The maximum Gasteiger partial charge on any atom is 0.405 e. The number of alkyl halides is 3. The van der Waals surface area contributed by atoms with Crippen molar-refractivity contribution in [1.29, 1.82) is 0 Å². The molecule has 1 spiro atoms. The van der Waals surface area contributed by atoms with Crippen LogP contribution in [0.1, 0.15) is 22.3 Å².